The van der Waals surface area contributed by atoms with Crippen molar-refractivity contribution in [2.45, 2.75) is 24.8 Å². The molecule has 0 unspecified atom stereocenters. The number of nitrogens with one attached hydrogen (secondary N) is 1. The summed E-state index contributed by atoms with van der Waals surface area (Å²) in [7, 11) is 2.17. The molecule has 0 radical (unpaired) electrons. The lowest BCUT2D eigenvalue weighted by atomic mass is 9.88. The number of rotatable bonds is 2. The van der Waals surface area contributed by atoms with Gasteiger partial charge in [-0.3, -0.25) is 4.90 Å². The van der Waals surface area contributed by atoms with Crippen molar-refractivity contribution in [3.05, 3.63) is 36.0 Å². The molecule has 0 saturated carbocycles. The molecule has 2 aromatic rings. The molecule has 3 nitrogen and oxygen atoms in total. The molecule has 1 aromatic heterocycles. The van der Waals surface area contributed by atoms with Gasteiger partial charge in [0.1, 0.15) is 0 Å². The van der Waals surface area contributed by atoms with Gasteiger partial charge < -0.3 is 9.88 Å². The van der Waals surface area contributed by atoms with Crippen molar-refractivity contribution in [3.63, 3.8) is 0 Å². The van der Waals surface area contributed by atoms with Gasteiger partial charge in [0, 0.05) is 43.3 Å². The van der Waals surface area contributed by atoms with Crippen LogP contribution in [0.2, 0.25) is 0 Å². The number of fused-ring (bicyclic) bond motifs is 1. The molecule has 3 heteroatoms. The largest absolute Gasteiger partial charge is 0.350 e. The number of benzene rings is 1. The van der Waals surface area contributed by atoms with E-state index >= 15 is 0 Å². The van der Waals surface area contributed by atoms with E-state index in [1.165, 1.54) is 49.9 Å². The average Bonchev–Trinajstić information content (AvgIpc) is 2.76. The van der Waals surface area contributed by atoms with E-state index in [2.05, 4.69) is 52.3 Å². The van der Waals surface area contributed by atoms with Crippen molar-refractivity contribution in [2.24, 2.45) is 7.05 Å². The highest BCUT2D eigenvalue weighted by molar-refractivity contribution is 5.84. The van der Waals surface area contributed by atoms with Crippen LogP contribution in [-0.2, 0) is 7.05 Å². The van der Waals surface area contributed by atoms with E-state index in [0.29, 0.717) is 0 Å². The molecule has 2 fully saturated rings. The monoisotopic (exact) mass is 269 g/mol. The second-order valence-electron chi connectivity index (χ2n) is 6.33. The van der Waals surface area contributed by atoms with Gasteiger partial charge in [0.25, 0.3) is 0 Å². The first-order valence-corrected chi connectivity index (χ1v) is 7.81. The van der Waals surface area contributed by atoms with E-state index in [0.717, 1.165) is 12.0 Å². The van der Waals surface area contributed by atoms with Crippen LogP contribution in [0.3, 0.4) is 0 Å². The molecule has 0 atom stereocenters. The maximum atomic E-state index is 3.38. The molecule has 20 heavy (non-hydrogen) atoms. The molecule has 1 N–H and O–H groups in total. The number of hydrogen-bond acceptors (Lipinski definition) is 2. The van der Waals surface area contributed by atoms with Crippen LogP contribution in [0.15, 0.2) is 30.5 Å². The Bertz CT molecular complexity index is 604. The molecule has 3 heterocycles. The molecule has 0 amide bonds. The van der Waals surface area contributed by atoms with Gasteiger partial charge >= 0.3 is 0 Å². The fraction of sp³-hybridized carbons (Fsp3) is 0.529. The SMILES string of the molecule is Cn1cc(C2CCN(C3CNC3)CC2)c2ccccc21. The molecule has 0 bridgehead atoms. The van der Waals surface area contributed by atoms with Crippen molar-refractivity contribution in [1.29, 1.82) is 0 Å². The first-order chi connectivity index (χ1) is 9.83. The van der Waals surface area contributed by atoms with Gasteiger partial charge in [-0.25, -0.2) is 0 Å². The van der Waals surface area contributed by atoms with Gasteiger partial charge in [0.05, 0.1) is 0 Å². The van der Waals surface area contributed by atoms with Crippen LogP contribution in [0.25, 0.3) is 10.9 Å². The Labute approximate surface area is 120 Å². The van der Waals surface area contributed by atoms with Gasteiger partial charge in [0.2, 0.25) is 0 Å². The highest BCUT2D eigenvalue weighted by atomic mass is 15.2. The Morgan fingerprint density at radius 1 is 1.10 bits per heavy atom. The summed E-state index contributed by atoms with van der Waals surface area (Å²) in [5, 5.41) is 4.84. The summed E-state index contributed by atoms with van der Waals surface area (Å²) in [6, 6.07) is 9.63. The molecule has 4 rings (SSSR count). The second-order valence-corrected chi connectivity index (χ2v) is 6.33. The van der Waals surface area contributed by atoms with Crippen molar-refractivity contribution < 1.29 is 0 Å². The average molecular weight is 269 g/mol. The fourth-order valence-electron chi connectivity index (χ4n) is 3.81. The predicted octanol–water partition coefficient (Wildman–Crippen LogP) is 2.33. The van der Waals surface area contributed by atoms with E-state index in [-0.39, 0.29) is 0 Å². The Hall–Kier alpha value is -1.32. The Kier molecular flexibility index (Phi) is 3.04. The van der Waals surface area contributed by atoms with Crippen molar-refractivity contribution in [2.75, 3.05) is 26.2 Å². The number of aromatic nitrogens is 1. The van der Waals surface area contributed by atoms with Gasteiger partial charge in [-0.05, 0) is 43.5 Å². The quantitative estimate of drug-likeness (QED) is 0.903. The predicted molar refractivity (Wildman–Crippen MR) is 83.1 cm³/mol. The summed E-state index contributed by atoms with van der Waals surface area (Å²) in [6.45, 7) is 4.92. The third-order valence-corrected chi connectivity index (χ3v) is 5.17. The minimum Gasteiger partial charge on any atom is -0.350 e. The van der Waals surface area contributed by atoms with Crippen LogP contribution < -0.4 is 5.32 Å². The summed E-state index contributed by atoms with van der Waals surface area (Å²) in [6.07, 6.45) is 4.98. The Morgan fingerprint density at radius 3 is 2.55 bits per heavy atom. The summed E-state index contributed by atoms with van der Waals surface area (Å²) in [5.74, 6) is 0.741. The summed E-state index contributed by atoms with van der Waals surface area (Å²) in [4.78, 5) is 2.68. The lowest BCUT2D eigenvalue weighted by Gasteiger charge is -2.42. The van der Waals surface area contributed by atoms with Crippen LogP contribution in [-0.4, -0.2) is 41.7 Å². The smallest absolute Gasteiger partial charge is 0.0480 e. The molecule has 1 aromatic carbocycles. The molecular formula is C17H23N3. The van der Waals surface area contributed by atoms with E-state index in [1.807, 2.05) is 0 Å². The maximum Gasteiger partial charge on any atom is 0.0480 e. The van der Waals surface area contributed by atoms with Crippen LogP contribution in [0, 0.1) is 0 Å². The zero-order valence-corrected chi connectivity index (χ0v) is 12.2. The third-order valence-electron chi connectivity index (χ3n) is 5.17. The maximum absolute atomic E-state index is 3.38. The highest BCUT2D eigenvalue weighted by Crippen LogP contribution is 2.34. The Balaban J connectivity index is 1.55. The number of aryl methyl sites for hydroxylation is 1. The Morgan fingerprint density at radius 2 is 1.85 bits per heavy atom. The third kappa shape index (κ3) is 1.97. The lowest BCUT2D eigenvalue weighted by molar-refractivity contribution is 0.113. The number of nitrogens with zero attached hydrogens (tertiary/aromatic N) is 2. The molecule has 106 valence electrons. The molecular weight excluding hydrogens is 246 g/mol. The summed E-state index contributed by atoms with van der Waals surface area (Å²) >= 11 is 0. The molecule has 2 aliphatic rings. The minimum absolute atomic E-state index is 0.741. The standard InChI is InChI=1S/C17H23N3/c1-19-12-16(15-4-2-3-5-17(15)19)13-6-8-20(9-7-13)14-10-18-11-14/h2-5,12-14,18H,6-11H2,1H3. The summed E-state index contributed by atoms with van der Waals surface area (Å²) in [5.41, 5.74) is 2.93. The zero-order chi connectivity index (χ0) is 13.5. The van der Waals surface area contributed by atoms with E-state index in [1.54, 1.807) is 5.56 Å². The van der Waals surface area contributed by atoms with Gasteiger partial charge in [-0.1, -0.05) is 18.2 Å². The van der Waals surface area contributed by atoms with Crippen molar-refractivity contribution in [3.8, 4) is 0 Å². The van der Waals surface area contributed by atoms with Crippen molar-refractivity contribution >= 4 is 10.9 Å². The first-order valence-electron chi connectivity index (χ1n) is 7.81. The van der Waals surface area contributed by atoms with Gasteiger partial charge in [-0.2, -0.15) is 0 Å². The van der Waals surface area contributed by atoms with E-state index in [9.17, 15) is 0 Å². The molecule has 2 aliphatic heterocycles. The number of likely N-dealkylation sites (tertiary alicyclic amines) is 1. The fourth-order valence-corrected chi connectivity index (χ4v) is 3.81. The minimum atomic E-state index is 0.741. The normalized spacial score (nSPS) is 22.2. The number of para-hydroxylation sites is 1. The van der Waals surface area contributed by atoms with Crippen LogP contribution in [0.5, 0.6) is 0 Å². The number of piperidine rings is 1. The van der Waals surface area contributed by atoms with E-state index in [4.69, 9.17) is 0 Å². The molecule has 0 aliphatic carbocycles. The van der Waals surface area contributed by atoms with Crippen LogP contribution in [0.1, 0.15) is 24.3 Å². The summed E-state index contributed by atoms with van der Waals surface area (Å²) < 4.78 is 2.28. The highest BCUT2D eigenvalue weighted by Gasteiger charge is 2.29. The first kappa shape index (κ1) is 12.4. The van der Waals surface area contributed by atoms with E-state index < -0.39 is 0 Å². The zero-order valence-electron chi connectivity index (χ0n) is 12.2. The lowest BCUT2D eigenvalue weighted by Crippen LogP contribution is -2.58. The number of hydrogen-bond donors (Lipinski definition) is 1. The molecule has 2 saturated heterocycles. The van der Waals surface area contributed by atoms with Gasteiger partial charge in [0.15, 0.2) is 0 Å². The topological polar surface area (TPSA) is 20.2 Å². The van der Waals surface area contributed by atoms with Crippen LogP contribution in [0.4, 0.5) is 0 Å². The van der Waals surface area contributed by atoms with Crippen LogP contribution >= 0.6 is 0 Å². The van der Waals surface area contributed by atoms with Crippen molar-refractivity contribution in [1.82, 2.24) is 14.8 Å². The molecule has 0 spiro atoms. The second kappa shape index (κ2) is 4.90. The van der Waals surface area contributed by atoms with Gasteiger partial charge in [-0.15, -0.1) is 0 Å².